The lowest BCUT2D eigenvalue weighted by molar-refractivity contribution is 0.109. The summed E-state index contributed by atoms with van der Waals surface area (Å²) in [6, 6.07) is 10.9. The molecule has 6 heteroatoms. The number of pyridine rings is 1. The van der Waals surface area contributed by atoms with E-state index in [1.54, 1.807) is 32.2 Å². The number of aromatic nitrogens is 1. The van der Waals surface area contributed by atoms with Crippen LogP contribution in [0.15, 0.2) is 55.1 Å². The summed E-state index contributed by atoms with van der Waals surface area (Å²) in [5.74, 6) is 1.30. The van der Waals surface area contributed by atoms with Gasteiger partial charge in [0.1, 0.15) is 5.75 Å². The Morgan fingerprint density at radius 2 is 2.00 bits per heavy atom. The minimum absolute atomic E-state index is 0.207. The number of benzene rings is 1. The third-order valence-corrected chi connectivity index (χ3v) is 5.65. The molecule has 3 rings (SSSR count). The Kier molecular flexibility index (Phi) is 7.46. The van der Waals surface area contributed by atoms with Gasteiger partial charge in [0.05, 0.1) is 12.9 Å². The second-order valence-corrected chi connectivity index (χ2v) is 7.84. The zero-order chi connectivity index (χ0) is 21.5. The minimum Gasteiger partial charge on any atom is -0.496 e. The first kappa shape index (κ1) is 21.8. The van der Waals surface area contributed by atoms with Crippen molar-refractivity contribution in [2.24, 2.45) is 0 Å². The van der Waals surface area contributed by atoms with E-state index in [0.29, 0.717) is 11.8 Å². The van der Waals surface area contributed by atoms with Crippen molar-refractivity contribution in [2.45, 2.75) is 51.2 Å². The van der Waals surface area contributed by atoms with E-state index in [1.807, 2.05) is 18.3 Å². The fourth-order valence-corrected chi connectivity index (χ4v) is 3.92. The fourth-order valence-electron chi connectivity index (χ4n) is 3.92. The van der Waals surface area contributed by atoms with Crippen LogP contribution in [0.5, 0.6) is 5.75 Å². The van der Waals surface area contributed by atoms with Gasteiger partial charge in [-0.1, -0.05) is 18.7 Å². The number of allylic oxidation sites excluding steroid dienone is 1. The first-order valence-corrected chi connectivity index (χ1v) is 10.4. The molecule has 6 nitrogen and oxygen atoms in total. The van der Waals surface area contributed by atoms with Crippen LogP contribution in [0.4, 0.5) is 4.79 Å². The third-order valence-electron chi connectivity index (χ3n) is 5.65. The number of rotatable bonds is 7. The second-order valence-electron chi connectivity index (χ2n) is 7.84. The number of nitrogens with zero attached hydrogens (tertiary/aromatic N) is 2. The maximum Gasteiger partial charge on any atom is 0.414 e. The summed E-state index contributed by atoms with van der Waals surface area (Å²) in [5.41, 5.74) is 3.34. The first-order chi connectivity index (χ1) is 14.5. The Morgan fingerprint density at radius 3 is 2.63 bits per heavy atom. The molecule has 0 unspecified atom stereocenters. The molecule has 1 aliphatic carbocycles. The first-order valence-electron chi connectivity index (χ1n) is 10.4. The highest BCUT2D eigenvalue weighted by molar-refractivity contribution is 5.68. The minimum atomic E-state index is -0.323. The highest BCUT2D eigenvalue weighted by atomic mass is 16.6. The highest BCUT2D eigenvalue weighted by Gasteiger charge is 2.27. The van der Waals surface area contributed by atoms with Gasteiger partial charge in [0.15, 0.2) is 0 Å². The second kappa shape index (κ2) is 10.3. The van der Waals surface area contributed by atoms with Crippen molar-refractivity contribution in [3.05, 3.63) is 60.6 Å². The molecule has 0 aliphatic heterocycles. The van der Waals surface area contributed by atoms with E-state index in [4.69, 9.17) is 9.47 Å². The SMILES string of the molecule is C=C(C)OC(=O)N(C)[C@H]1CC[C@H](NCc2cc(-c3cccnc3)ccc2OC)CC1. The molecule has 1 aromatic heterocycles. The molecule has 160 valence electrons. The van der Waals surface area contributed by atoms with Gasteiger partial charge >= 0.3 is 6.09 Å². The van der Waals surface area contributed by atoms with E-state index in [-0.39, 0.29) is 12.1 Å². The van der Waals surface area contributed by atoms with Gasteiger partial charge in [-0.3, -0.25) is 4.98 Å². The lowest BCUT2D eigenvalue weighted by Crippen LogP contribution is -2.43. The van der Waals surface area contributed by atoms with Crippen molar-refractivity contribution >= 4 is 6.09 Å². The standard InChI is InChI=1S/C24H31N3O3/c1-17(2)30-24(28)27(3)22-10-8-21(9-11-22)26-16-20-14-18(7-12-23(20)29-4)19-6-5-13-25-15-19/h5-7,12-15,21-22,26H,1,8-11,16H2,2-4H3/t21-,22-. The smallest absolute Gasteiger partial charge is 0.414 e. The molecule has 0 atom stereocenters. The number of methoxy groups -OCH3 is 1. The lowest BCUT2D eigenvalue weighted by atomic mass is 9.90. The number of hydrogen-bond acceptors (Lipinski definition) is 5. The summed E-state index contributed by atoms with van der Waals surface area (Å²) in [5, 5.41) is 3.67. The van der Waals surface area contributed by atoms with E-state index in [9.17, 15) is 4.79 Å². The largest absolute Gasteiger partial charge is 0.496 e. The predicted molar refractivity (Wildman–Crippen MR) is 118 cm³/mol. The summed E-state index contributed by atoms with van der Waals surface area (Å²) in [6.07, 6.45) is 7.26. The van der Waals surface area contributed by atoms with E-state index in [0.717, 1.165) is 54.7 Å². The maximum absolute atomic E-state index is 12.1. The average molecular weight is 410 g/mol. The summed E-state index contributed by atoms with van der Waals surface area (Å²) >= 11 is 0. The van der Waals surface area contributed by atoms with Crippen molar-refractivity contribution in [2.75, 3.05) is 14.2 Å². The molecule has 0 spiro atoms. The van der Waals surface area contributed by atoms with Crippen molar-refractivity contribution in [1.29, 1.82) is 0 Å². The Balaban J connectivity index is 1.56. The fraction of sp³-hybridized carbons (Fsp3) is 0.417. The Hall–Kier alpha value is -2.86. The summed E-state index contributed by atoms with van der Waals surface area (Å²) in [7, 11) is 3.51. The van der Waals surface area contributed by atoms with Gasteiger partial charge in [-0.15, -0.1) is 0 Å². The predicted octanol–water partition coefficient (Wildman–Crippen LogP) is 4.76. The van der Waals surface area contributed by atoms with Crippen LogP contribution in [0.25, 0.3) is 11.1 Å². The molecule has 0 saturated heterocycles. The molecule has 1 aromatic carbocycles. The van der Waals surface area contributed by atoms with Gasteiger partial charge in [0.2, 0.25) is 0 Å². The summed E-state index contributed by atoms with van der Waals surface area (Å²) < 4.78 is 10.7. The van der Waals surface area contributed by atoms with Gasteiger partial charge in [-0.05, 0) is 56.4 Å². The van der Waals surface area contributed by atoms with Crippen molar-refractivity contribution in [1.82, 2.24) is 15.2 Å². The Bertz CT molecular complexity index is 861. The molecule has 30 heavy (non-hydrogen) atoms. The summed E-state index contributed by atoms with van der Waals surface area (Å²) in [6.45, 7) is 6.05. The number of ether oxygens (including phenoxy) is 2. The zero-order valence-corrected chi connectivity index (χ0v) is 18.1. The lowest BCUT2D eigenvalue weighted by Gasteiger charge is -2.34. The monoisotopic (exact) mass is 409 g/mol. The Labute approximate surface area is 178 Å². The maximum atomic E-state index is 12.1. The van der Waals surface area contributed by atoms with Crippen LogP contribution in [0, 0.1) is 0 Å². The topological polar surface area (TPSA) is 63.7 Å². The average Bonchev–Trinajstić information content (AvgIpc) is 2.77. The van der Waals surface area contributed by atoms with Crippen LogP contribution in [0.1, 0.15) is 38.2 Å². The van der Waals surface area contributed by atoms with Crippen LogP contribution in [0.2, 0.25) is 0 Å². The highest BCUT2D eigenvalue weighted by Crippen LogP contribution is 2.28. The number of carbonyl (C=O) groups excluding carboxylic acids is 1. The molecule has 0 radical (unpaired) electrons. The number of hydrogen-bond donors (Lipinski definition) is 1. The van der Waals surface area contributed by atoms with Gasteiger partial charge in [-0.2, -0.15) is 0 Å². The van der Waals surface area contributed by atoms with Gasteiger partial charge < -0.3 is 19.7 Å². The molecular weight excluding hydrogens is 378 g/mol. The molecular formula is C24H31N3O3. The molecule has 1 saturated carbocycles. The molecule has 2 aromatic rings. The third kappa shape index (κ3) is 5.60. The Morgan fingerprint density at radius 1 is 1.23 bits per heavy atom. The van der Waals surface area contributed by atoms with E-state index >= 15 is 0 Å². The van der Waals surface area contributed by atoms with Crippen molar-refractivity contribution < 1.29 is 14.3 Å². The molecule has 1 amide bonds. The molecule has 1 heterocycles. The zero-order valence-electron chi connectivity index (χ0n) is 18.1. The quantitative estimate of drug-likeness (QED) is 0.668. The molecule has 1 aliphatic rings. The van der Waals surface area contributed by atoms with E-state index in [1.165, 1.54) is 0 Å². The molecule has 0 bridgehead atoms. The van der Waals surface area contributed by atoms with E-state index in [2.05, 4.69) is 35.1 Å². The van der Waals surface area contributed by atoms with Crippen LogP contribution in [-0.4, -0.2) is 42.2 Å². The van der Waals surface area contributed by atoms with Crippen LogP contribution in [-0.2, 0) is 11.3 Å². The van der Waals surface area contributed by atoms with Gasteiger partial charge in [-0.25, -0.2) is 4.79 Å². The van der Waals surface area contributed by atoms with Crippen molar-refractivity contribution in [3.8, 4) is 16.9 Å². The number of carbonyl (C=O) groups is 1. The number of nitrogens with one attached hydrogen (secondary N) is 1. The van der Waals surface area contributed by atoms with Gasteiger partial charge in [0.25, 0.3) is 0 Å². The van der Waals surface area contributed by atoms with Gasteiger partial charge in [0, 0.05) is 49.2 Å². The van der Waals surface area contributed by atoms with Crippen LogP contribution in [0.3, 0.4) is 0 Å². The van der Waals surface area contributed by atoms with Crippen molar-refractivity contribution in [3.63, 3.8) is 0 Å². The normalized spacial score (nSPS) is 18.5. The van der Waals surface area contributed by atoms with E-state index < -0.39 is 0 Å². The molecule has 1 fully saturated rings. The van der Waals surface area contributed by atoms with Crippen LogP contribution >= 0.6 is 0 Å². The number of amides is 1. The van der Waals surface area contributed by atoms with Crippen LogP contribution < -0.4 is 10.1 Å². The summed E-state index contributed by atoms with van der Waals surface area (Å²) in [4.78, 5) is 18.0. The molecule has 1 N–H and O–H groups in total.